The molecule has 23 heavy (non-hydrogen) atoms. The number of hydrogen-bond donors (Lipinski definition) is 1. The van der Waals surface area contributed by atoms with E-state index >= 15 is 0 Å². The van der Waals surface area contributed by atoms with E-state index in [1.165, 1.54) is 11.8 Å². The van der Waals surface area contributed by atoms with Gasteiger partial charge in [0.05, 0.1) is 0 Å². The quantitative estimate of drug-likeness (QED) is 0.812. The zero-order valence-electron chi connectivity index (χ0n) is 13.6. The maximum absolute atomic E-state index is 8.70. The van der Waals surface area contributed by atoms with Crippen molar-refractivity contribution in [2.45, 2.75) is 26.2 Å². The molecular formula is C20H19N3. The van der Waals surface area contributed by atoms with Gasteiger partial charge in [-0.3, -0.25) is 0 Å². The van der Waals surface area contributed by atoms with Gasteiger partial charge in [-0.2, -0.15) is 10.5 Å². The van der Waals surface area contributed by atoms with E-state index in [1.807, 2.05) is 36.4 Å². The van der Waals surface area contributed by atoms with Crippen molar-refractivity contribution in [1.29, 1.82) is 10.5 Å². The van der Waals surface area contributed by atoms with Gasteiger partial charge in [-0.1, -0.05) is 57.2 Å². The highest BCUT2D eigenvalue weighted by atomic mass is 14.8. The van der Waals surface area contributed by atoms with Gasteiger partial charge in [0.2, 0.25) is 0 Å². The van der Waals surface area contributed by atoms with Crippen LogP contribution in [0.15, 0.2) is 60.3 Å². The third kappa shape index (κ3) is 4.22. The summed E-state index contributed by atoms with van der Waals surface area (Å²) in [6, 6.07) is 20.1. The SMILES string of the molecule is CC(C)(C)c1ccc(-c2ccc(NC=C(C#N)C#N)cc2)cc1. The average Bonchev–Trinajstić information content (AvgIpc) is 2.56. The largest absolute Gasteiger partial charge is 0.360 e. The van der Waals surface area contributed by atoms with Gasteiger partial charge in [0.1, 0.15) is 17.7 Å². The molecule has 0 aliphatic carbocycles. The molecule has 0 unspecified atom stereocenters. The molecule has 0 radical (unpaired) electrons. The monoisotopic (exact) mass is 301 g/mol. The van der Waals surface area contributed by atoms with Crippen molar-refractivity contribution in [1.82, 2.24) is 0 Å². The van der Waals surface area contributed by atoms with Gasteiger partial charge in [0.15, 0.2) is 0 Å². The van der Waals surface area contributed by atoms with Crippen molar-refractivity contribution < 1.29 is 0 Å². The number of nitrogens with zero attached hydrogens (tertiary/aromatic N) is 2. The molecule has 3 heteroatoms. The van der Waals surface area contributed by atoms with Crippen LogP contribution in [-0.4, -0.2) is 0 Å². The first kappa shape index (κ1) is 16.3. The van der Waals surface area contributed by atoms with Crippen molar-refractivity contribution >= 4 is 5.69 Å². The minimum atomic E-state index is 0.0480. The summed E-state index contributed by atoms with van der Waals surface area (Å²) < 4.78 is 0. The lowest BCUT2D eigenvalue weighted by Crippen LogP contribution is -2.10. The van der Waals surface area contributed by atoms with Gasteiger partial charge in [-0.05, 0) is 34.2 Å². The smallest absolute Gasteiger partial charge is 0.145 e. The molecular weight excluding hydrogens is 282 g/mol. The normalized spacial score (nSPS) is 10.3. The fraction of sp³-hybridized carbons (Fsp3) is 0.200. The second-order valence-electron chi connectivity index (χ2n) is 6.33. The molecule has 1 N–H and O–H groups in total. The highest BCUT2D eigenvalue weighted by molar-refractivity contribution is 5.66. The molecule has 0 aromatic heterocycles. The van der Waals surface area contributed by atoms with Crippen LogP contribution in [0.3, 0.4) is 0 Å². The standard InChI is InChI=1S/C20H19N3/c1-20(2,3)18-8-4-16(5-9-18)17-6-10-19(11-7-17)23-14-15(12-21)13-22/h4-11,14,23H,1-3H3. The molecule has 0 fully saturated rings. The van der Waals surface area contributed by atoms with Crippen LogP contribution >= 0.6 is 0 Å². The van der Waals surface area contributed by atoms with E-state index < -0.39 is 0 Å². The molecule has 0 amide bonds. The fourth-order valence-electron chi connectivity index (χ4n) is 2.17. The summed E-state index contributed by atoms with van der Waals surface area (Å²) in [5.41, 5.74) is 4.63. The summed E-state index contributed by atoms with van der Waals surface area (Å²) in [6.45, 7) is 6.60. The minimum absolute atomic E-state index is 0.0480. The van der Waals surface area contributed by atoms with Gasteiger partial charge >= 0.3 is 0 Å². The summed E-state index contributed by atoms with van der Waals surface area (Å²) >= 11 is 0. The first-order valence-corrected chi connectivity index (χ1v) is 7.42. The van der Waals surface area contributed by atoms with E-state index in [4.69, 9.17) is 10.5 Å². The lowest BCUT2D eigenvalue weighted by atomic mass is 9.86. The molecule has 114 valence electrons. The van der Waals surface area contributed by atoms with E-state index in [0.29, 0.717) is 0 Å². The Labute approximate surface area is 137 Å². The van der Waals surface area contributed by atoms with E-state index in [0.717, 1.165) is 16.8 Å². The number of allylic oxidation sites excluding steroid dienone is 1. The highest BCUT2D eigenvalue weighted by Gasteiger charge is 2.12. The van der Waals surface area contributed by atoms with Crippen molar-refractivity contribution in [2.24, 2.45) is 0 Å². The fourth-order valence-corrected chi connectivity index (χ4v) is 2.17. The number of nitrogens with one attached hydrogen (secondary N) is 1. The first-order chi connectivity index (χ1) is 10.9. The van der Waals surface area contributed by atoms with Gasteiger partial charge in [-0.15, -0.1) is 0 Å². The van der Waals surface area contributed by atoms with Crippen molar-refractivity contribution in [3.8, 4) is 23.3 Å². The predicted molar refractivity (Wildman–Crippen MR) is 93.5 cm³/mol. The average molecular weight is 301 g/mol. The molecule has 2 rings (SSSR count). The molecule has 2 aromatic carbocycles. The Morgan fingerprint density at radius 3 is 1.78 bits per heavy atom. The Bertz CT molecular complexity index is 761. The molecule has 0 aliphatic heterocycles. The summed E-state index contributed by atoms with van der Waals surface area (Å²) in [5.74, 6) is 0. The Morgan fingerprint density at radius 1 is 0.870 bits per heavy atom. The molecule has 0 aliphatic rings. The van der Waals surface area contributed by atoms with Crippen LogP contribution in [-0.2, 0) is 5.41 Å². The maximum atomic E-state index is 8.70. The van der Waals surface area contributed by atoms with Crippen LogP contribution in [0.2, 0.25) is 0 Å². The van der Waals surface area contributed by atoms with Crippen molar-refractivity contribution in [3.63, 3.8) is 0 Å². The first-order valence-electron chi connectivity index (χ1n) is 7.42. The van der Waals surface area contributed by atoms with Crippen LogP contribution in [0.5, 0.6) is 0 Å². The van der Waals surface area contributed by atoms with E-state index in [1.54, 1.807) is 0 Å². The second-order valence-corrected chi connectivity index (χ2v) is 6.33. The van der Waals surface area contributed by atoms with Crippen LogP contribution in [0, 0.1) is 22.7 Å². The Hall–Kier alpha value is -3.04. The highest BCUT2D eigenvalue weighted by Crippen LogP contribution is 2.26. The number of benzene rings is 2. The Kier molecular flexibility index (Phi) is 4.84. The third-order valence-electron chi connectivity index (χ3n) is 3.59. The van der Waals surface area contributed by atoms with Crippen LogP contribution in [0.4, 0.5) is 5.69 Å². The number of anilines is 1. The number of rotatable bonds is 3. The number of nitriles is 2. The summed E-state index contributed by atoms with van der Waals surface area (Å²) in [4.78, 5) is 0. The molecule has 2 aromatic rings. The van der Waals surface area contributed by atoms with E-state index in [2.05, 4.69) is 50.4 Å². The lowest BCUT2D eigenvalue weighted by molar-refractivity contribution is 0.590. The zero-order chi connectivity index (χ0) is 16.9. The van der Waals surface area contributed by atoms with Crippen molar-refractivity contribution in [3.05, 3.63) is 65.9 Å². The second kappa shape index (κ2) is 6.81. The van der Waals surface area contributed by atoms with Crippen LogP contribution in [0.1, 0.15) is 26.3 Å². The Balaban J connectivity index is 2.16. The molecule has 0 bridgehead atoms. The van der Waals surface area contributed by atoms with Crippen molar-refractivity contribution in [2.75, 3.05) is 5.32 Å². The molecule has 0 saturated carbocycles. The predicted octanol–water partition coefficient (Wildman–Crippen LogP) is 4.99. The molecule has 3 nitrogen and oxygen atoms in total. The Morgan fingerprint density at radius 2 is 1.35 bits per heavy atom. The van der Waals surface area contributed by atoms with Crippen LogP contribution < -0.4 is 5.32 Å². The topological polar surface area (TPSA) is 59.6 Å². The molecule has 0 atom stereocenters. The summed E-state index contributed by atoms with van der Waals surface area (Å²) in [5, 5.41) is 20.3. The minimum Gasteiger partial charge on any atom is -0.360 e. The van der Waals surface area contributed by atoms with Gasteiger partial charge in [-0.25, -0.2) is 0 Å². The van der Waals surface area contributed by atoms with Gasteiger partial charge in [0.25, 0.3) is 0 Å². The maximum Gasteiger partial charge on any atom is 0.145 e. The molecule has 0 spiro atoms. The molecule has 0 heterocycles. The van der Waals surface area contributed by atoms with Gasteiger partial charge in [0, 0.05) is 11.9 Å². The summed E-state index contributed by atoms with van der Waals surface area (Å²) in [7, 11) is 0. The molecule has 0 saturated heterocycles. The third-order valence-corrected chi connectivity index (χ3v) is 3.59. The number of hydrogen-bond acceptors (Lipinski definition) is 3. The summed E-state index contributed by atoms with van der Waals surface area (Å²) in [6.07, 6.45) is 1.41. The lowest BCUT2D eigenvalue weighted by Gasteiger charge is -2.19. The van der Waals surface area contributed by atoms with Crippen LogP contribution in [0.25, 0.3) is 11.1 Å². The van der Waals surface area contributed by atoms with E-state index in [-0.39, 0.29) is 11.0 Å². The van der Waals surface area contributed by atoms with Gasteiger partial charge < -0.3 is 5.32 Å². The van der Waals surface area contributed by atoms with E-state index in [9.17, 15) is 0 Å². The zero-order valence-corrected chi connectivity index (χ0v) is 13.6.